The summed E-state index contributed by atoms with van der Waals surface area (Å²) in [4.78, 5) is 2.20. The van der Waals surface area contributed by atoms with Gasteiger partial charge in [-0.05, 0) is 31.7 Å². The molecule has 0 radical (unpaired) electrons. The van der Waals surface area contributed by atoms with Crippen molar-refractivity contribution in [2.45, 2.75) is 13.5 Å². The lowest BCUT2D eigenvalue weighted by molar-refractivity contribution is 0.154. The quantitative estimate of drug-likeness (QED) is 0.784. The minimum absolute atomic E-state index is 0.767. The highest BCUT2D eigenvalue weighted by Gasteiger charge is 2.04. The summed E-state index contributed by atoms with van der Waals surface area (Å²) >= 11 is 3.60. The molecule has 0 saturated heterocycles. The van der Waals surface area contributed by atoms with Crippen molar-refractivity contribution in [2.24, 2.45) is 0 Å². The van der Waals surface area contributed by atoms with Gasteiger partial charge in [-0.1, -0.05) is 22.0 Å². The largest absolute Gasteiger partial charge is 0.380 e. The lowest BCUT2D eigenvalue weighted by atomic mass is 10.2. The first-order valence-corrected chi connectivity index (χ1v) is 6.70. The first-order chi connectivity index (χ1) is 8.19. The summed E-state index contributed by atoms with van der Waals surface area (Å²) in [5, 5.41) is 3.15. The molecule has 3 nitrogen and oxygen atoms in total. The average molecular weight is 301 g/mol. The fourth-order valence-corrected chi connectivity index (χ4v) is 2.09. The van der Waals surface area contributed by atoms with Gasteiger partial charge in [0.05, 0.1) is 6.61 Å². The Labute approximate surface area is 112 Å². The molecule has 0 aliphatic carbocycles. The molecule has 17 heavy (non-hydrogen) atoms. The summed E-state index contributed by atoms with van der Waals surface area (Å²) in [5.41, 5.74) is 2.48. The Morgan fingerprint density at radius 1 is 1.41 bits per heavy atom. The Kier molecular flexibility index (Phi) is 6.55. The van der Waals surface area contributed by atoms with Gasteiger partial charge >= 0.3 is 0 Å². The molecule has 4 heteroatoms. The maximum Gasteiger partial charge on any atom is 0.0641 e. The molecule has 0 aliphatic heterocycles. The van der Waals surface area contributed by atoms with E-state index < -0.39 is 0 Å². The Hall–Kier alpha value is -0.580. The summed E-state index contributed by atoms with van der Waals surface area (Å²) in [6.07, 6.45) is 0. The number of rotatable bonds is 7. The van der Waals surface area contributed by atoms with Crippen LogP contribution in [-0.2, 0) is 11.3 Å². The van der Waals surface area contributed by atoms with Crippen LogP contribution in [0.2, 0.25) is 0 Å². The zero-order valence-electron chi connectivity index (χ0n) is 10.8. The normalized spacial score (nSPS) is 10.6. The van der Waals surface area contributed by atoms with Crippen LogP contribution in [0.5, 0.6) is 0 Å². The third kappa shape index (κ3) is 4.66. The molecule has 96 valence electrons. The predicted molar refractivity (Wildman–Crippen MR) is 76.7 cm³/mol. The monoisotopic (exact) mass is 300 g/mol. The van der Waals surface area contributed by atoms with Crippen molar-refractivity contribution in [1.82, 2.24) is 5.32 Å². The van der Waals surface area contributed by atoms with Crippen LogP contribution in [0.3, 0.4) is 0 Å². The van der Waals surface area contributed by atoms with Crippen molar-refractivity contribution < 1.29 is 4.74 Å². The molecule has 1 aromatic carbocycles. The van der Waals surface area contributed by atoms with Gasteiger partial charge in [0.15, 0.2) is 0 Å². The van der Waals surface area contributed by atoms with E-state index in [0.29, 0.717) is 0 Å². The number of anilines is 1. The van der Waals surface area contributed by atoms with Gasteiger partial charge in [-0.15, -0.1) is 0 Å². The number of hydrogen-bond donors (Lipinski definition) is 1. The van der Waals surface area contributed by atoms with Crippen LogP contribution in [0.25, 0.3) is 0 Å². The van der Waals surface area contributed by atoms with Crippen molar-refractivity contribution in [3.05, 3.63) is 28.2 Å². The van der Waals surface area contributed by atoms with E-state index in [2.05, 4.69) is 51.4 Å². The van der Waals surface area contributed by atoms with Gasteiger partial charge < -0.3 is 15.0 Å². The van der Waals surface area contributed by atoms with E-state index in [1.165, 1.54) is 11.3 Å². The second kappa shape index (κ2) is 7.69. The molecule has 0 aromatic heterocycles. The van der Waals surface area contributed by atoms with Gasteiger partial charge in [0.2, 0.25) is 0 Å². The molecule has 1 aromatic rings. The lowest BCUT2D eigenvalue weighted by Crippen LogP contribution is -2.22. The van der Waals surface area contributed by atoms with E-state index in [0.717, 1.165) is 30.8 Å². The van der Waals surface area contributed by atoms with Crippen LogP contribution in [0.15, 0.2) is 22.7 Å². The molecule has 1 rings (SSSR count). The summed E-state index contributed by atoms with van der Waals surface area (Å²) in [7, 11) is 4.03. The highest BCUT2D eigenvalue weighted by Crippen LogP contribution is 2.23. The van der Waals surface area contributed by atoms with E-state index in [1.807, 2.05) is 14.0 Å². The van der Waals surface area contributed by atoms with Crippen LogP contribution in [0, 0.1) is 0 Å². The molecule has 0 heterocycles. The topological polar surface area (TPSA) is 24.5 Å². The van der Waals surface area contributed by atoms with Crippen LogP contribution < -0.4 is 10.2 Å². The highest BCUT2D eigenvalue weighted by molar-refractivity contribution is 9.10. The molecule has 0 spiro atoms. The molecule has 0 aliphatic rings. The molecular weight excluding hydrogens is 280 g/mol. The van der Waals surface area contributed by atoms with Gasteiger partial charge in [0.1, 0.15) is 0 Å². The summed E-state index contributed by atoms with van der Waals surface area (Å²) in [6.45, 7) is 5.35. The number of ether oxygens (including phenoxy) is 1. The summed E-state index contributed by atoms with van der Waals surface area (Å²) < 4.78 is 6.50. The van der Waals surface area contributed by atoms with Crippen molar-refractivity contribution in [1.29, 1.82) is 0 Å². The van der Waals surface area contributed by atoms with Gasteiger partial charge in [-0.25, -0.2) is 0 Å². The second-order valence-corrected chi connectivity index (χ2v) is 4.78. The molecular formula is C13H21BrN2O. The molecule has 0 bridgehead atoms. The first-order valence-electron chi connectivity index (χ1n) is 5.91. The number of halogens is 1. The van der Waals surface area contributed by atoms with E-state index in [-0.39, 0.29) is 0 Å². The van der Waals surface area contributed by atoms with E-state index >= 15 is 0 Å². The number of nitrogens with one attached hydrogen (secondary N) is 1. The second-order valence-electron chi connectivity index (χ2n) is 3.92. The summed E-state index contributed by atoms with van der Waals surface area (Å²) in [6, 6.07) is 6.44. The van der Waals surface area contributed by atoms with E-state index in [1.54, 1.807) is 0 Å². The number of likely N-dealkylation sites (N-methyl/N-ethyl adjacent to an activating group) is 1. The first kappa shape index (κ1) is 14.5. The third-order valence-corrected chi connectivity index (χ3v) is 3.36. The minimum Gasteiger partial charge on any atom is -0.380 e. The SMILES string of the molecule is CCOCCN(C)c1ccc(CNC)c(Br)c1. The Balaban J connectivity index is 2.62. The van der Waals surface area contributed by atoms with E-state index in [4.69, 9.17) is 4.74 Å². The smallest absolute Gasteiger partial charge is 0.0641 e. The molecule has 0 unspecified atom stereocenters. The Bertz CT molecular complexity index is 344. The van der Waals surface area contributed by atoms with Crippen LogP contribution >= 0.6 is 15.9 Å². The fourth-order valence-electron chi connectivity index (χ4n) is 1.58. The molecule has 0 amide bonds. The van der Waals surface area contributed by atoms with E-state index in [9.17, 15) is 0 Å². The van der Waals surface area contributed by atoms with Crippen LogP contribution in [-0.4, -0.2) is 33.9 Å². The van der Waals surface area contributed by atoms with Gasteiger partial charge in [0, 0.05) is 36.9 Å². The number of benzene rings is 1. The zero-order chi connectivity index (χ0) is 12.7. The zero-order valence-corrected chi connectivity index (χ0v) is 12.4. The molecule has 0 atom stereocenters. The maximum atomic E-state index is 5.35. The Morgan fingerprint density at radius 2 is 2.18 bits per heavy atom. The van der Waals surface area contributed by atoms with Crippen molar-refractivity contribution in [3.8, 4) is 0 Å². The van der Waals surface area contributed by atoms with Crippen molar-refractivity contribution in [2.75, 3.05) is 38.8 Å². The Morgan fingerprint density at radius 3 is 2.76 bits per heavy atom. The minimum atomic E-state index is 0.767. The number of nitrogens with zero attached hydrogens (tertiary/aromatic N) is 1. The van der Waals surface area contributed by atoms with Crippen LogP contribution in [0.4, 0.5) is 5.69 Å². The predicted octanol–water partition coefficient (Wildman–Crippen LogP) is 2.64. The number of hydrogen-bond acceptors (Lipinski definition) is 3. The molecule has 0 saturated carbocycles. The third-order valence-electron chi connectivity index (χ3n) is 2.62. The van der Waals surface area contributed by atoms with Crippen molar-refractivity contribution in [3.63, 3.8) is 0 Å². The van der Waals surface area contributed by atoms with Gasteiger partial charge in [-0.2, -0.15) is 0 Å². The highest BCUT2D eigenvalue weighted by atomic mass is 79.9. The molecule has 0 fully saturated rings. The van der Waals surface area contributed by atoms with Gasteiger partial charge in [-0.3, -0.25) is 0 Å². The standard InChI is InChI=1S/C13H21BrN2O/c1-4-17-8-7-16(3)12-6-5-11(10-15-2)13(14)9-12/h5-6,9,15H,4,7-8,10H2,1-3H3. The fraction of sp³-hybridized carbons (Fsp3) is 0.538. The van der Waals surface area contributed by atoms with Crippen LogP contribution in [0.1, 0.15) is 12.5 Å². The lowest BCUT2D eigenvalue weighted by Gasteiger charge is -2.20. The van der Waals surface area contributed by atoms with Crippen molar-refractivity contribution >= 4 is 21.6 Å². The summed E-state index contributed by atoms with van der Waals surface area (Å²) in [5.74, 6) is 0. The molecule has 1 N–H and O–H groups in total. The average Bonchev–Trinajstić information content (AvgIpc) is 2.32. The van der Waals surface area contributed by atoms with Gasteiger partial charge in [0.25, 0.3) is 0 Å². The maximum absolute atomic E-state index is 5.35.